The molecular formula is C14H15ClN2O2. The van der Waals surface area contributed by atoms with E-state index in [9.17, 15) is 9.90 Å². The number of amides is 1. The van der Waals surface area contributed by atoms with E-state index in [1.807, 2.05) is 11.0 Å². The lowest BCUT2D eigenvalue weighted by Crippen LogP contribution is -2.43. The Morgan fingerprint density at radius 1 is 1.47 bits per heavy atom. The van der Waals surface area contributed by atoms with Gasteiger partial charge in [0, 0.05) is 23.6 Å². The fraction of sp³-hybridized carbons (Fsp3) is 0.357. The van der Waals surface area contributed by atoms with E-state index in [4.69, 9.17) is 17.3 Å². The van der Waals surface area contributed by atoms with Crippen molar-refractivity contribution in [3.63, 3.8) is 0 Å². The van der Waals surface area contributed by atoms with Crippen molar-refractivity contribution >= 4 is 29.0 Å². The van der Waals surface area contributed by atoms with Crippen molar-refractivity contribution in [3.05, 3.63) is 34.4 Å². The van der Waals surface area contributed by atoms with Crippen LogP contribution < -0.4 is 10.6 Å². The van der Waals surface area contributed by atoms with Crippen molar-refractivity contribution in [2.24, 2.45) is 5.73 Å². The summed E-state index contributed by atoms with van der Waals surface area (Å²) in [5, 5.41) is 10.8. The van der Waals surface area contributed by atoms with Gasteiger partial charge in [-0.05, 0) is 36.6 Å². The first-order valence-electron chi connectivity index (χ1n) is 6.36. The third-order valence-electron chi connectivity index (χ3n) is 3.83. The number of allylic oxidation sites excluding steroid dienone is 1. The van der Waals surface area contributed by atoms with Crippen molar-refractivity contribution in [2.45, 2.75) is 25.3 Å². The Bertz CT molecular complexity index is 583. The smallest absolute Gasteiger partial charge is 0.240 e. The van der Waals surface area contributed by atoms with Crippen molar-refractivity contribution in [1.82, 2.24) is 0 Å². The molecule has 19 heavy (non-hydrogen) atoms. The quantitative estimate of drug-likeness (QED) is 0.828. The first-order chi connectivity index (χ1) is 9.09. The van der Waals surface area contributed by atoms with Crippen LogP contribution in [-0.4, -0.2) is 23.6 Å². The first kappa shape index (κ1) is 12.4. The molecule has 1 aromatic carbocycles. The van der Waals surface area contributed by atoms with Gasteiger partial charge in [0.25, 0.3) is 0 Å². The Labute approximate surface area is 116 Å². The average molecular weight is 279 g/mol. The van der Waals surface area contributed by atoms with Crippen molar-refractivity contribution < 1.29 is 9.90 Å². The molecule has 2 aliphatic rings. The number of hydrogen-bond donors (Lipinski definition) is 2. The SMILES string of the molecule is NC(=O)C1Cc2c(Cl)ccc3c2N1CCC/C=C\3O. The minimum absolute atomic E-state index is 0.253. The molecule has 0 aromatic heterocycles. The Kier molecular flexibility index (Phi) is 2.90. The molecule has 100 valence electrons. The van der Waals surface area contributed by atoms with Crippen LogP contribution in [0.3, 0.4) is 0 Å². The number of benzene rings is 1. The molecule has 0 aliphatic carbocycles. The van der Waals surface area contributed by atoms with Gasteiger partial charge in [0.1, 0.15) is 11.8 Å². The summed E-state index contributed by atoms with van der Waals surface area (Å²) in [4.78, 5) is 13.6. The van der Waals surface area contributed by atoms with Gasteiger partial charge < -0.3 is 15.7 Å². The van der Waals surface area contributed by atoms with Crippen molar-refractivity contribution in [2.75, 3.05) is 11.4 Å². The average Bonchev–Trinajstić information content (AvgIpc) is 2.73. The molecule has 2 heterocycles. The number of aliphatic hydroxyl groups excluding tert-OH is 1. The number of carbonyl (C=O) groups is 1. The Hall–Kier alpha value is -1.68. The van der Waals surface area contributed by atoms with E-state index >= 15 is 0 Å². The lowest BCUT2D eigenvalue weighted by Gasteiger charge is -2.28. The molecule has 1 aromatic rings. The van der Waals surface area contributed by atoms with Crippen molar-refractivity contribution in [3.8, 4) is 0 Å². The maximum absolute atomic E-state index is 11.6. The van der Waals surface area contributed by atoms with Gasteiger partial charge in [-0.3, -0.25) is 4.79 Å². The number of carbonyl (C=O) groups excluding carboxylic acids is 1. The maximum Gasteiger partial charge on any atom is 0.240 e. The predicted octanol–water partition coefficient (Wildman–Crippen LogP) is 2.25. The van der Waals surface area contributed by atoms with Gasteiger partial charge in [0.2, 0.25) is 5.91 Å². The Morgan fingerprint density at radius 3 is 3.00 bits per heavy atom. The monoisotopic (exact) mass is 278 g/mol. The summed E-state index contributed by atoms with van der Waals surface area (Å²) in [7, 11) is 0. The number of hydrogen-bond acceptors (Lipinski definition) is 3. The van der Waals surface area contributed by atoms with Crippen LogP contribution >= 0.6 is 11.6 Å². The second kappa shape index (κ2) is 4.46. The van der Waals surface area contributed by atoms with Crippen LogP contribution in [0, 0.1) is 0 Å². The zero-order valence-corrected chi connectivity index (χ0v) is 11.2. The lowest BCUT2D eigenvalue weighted by atomic mass is 10.0. The van der Waals surface area contributed by atoms with E-state index in [-0.39, 0.29) is 17.7 Å². The molecule has 4 nitrogen and oxygen atoms in total. The number of rotatable bonds is 1. The molecule has 2 aliphatic heterocycles. The standard InChI is InChI=1S/C14H15ClN2O2/c15-10-5-4-8-12(18)3-1-2-6-17-11(14(16)19)7-9(10)13(8)17/h3-5,11,18H,1-2,6-7H2,(H2,16,19)/b12-3+. The van der Waals surface area contributed by atoms with Gasteiger partial charge >= 0.3 is 0 Å². The summed E-state index contributed by atoms with van der Waals surface area (Å²) in [5.74, 6) is -0.0926. The van der Waals surface area contributed by atoms with E-state index in [0.717, 1.165) is 36.2 Å². The van der Waals surface area contributed by atoms with Crippen LogP contribution in [0.25, 0.3) is 5.76 Å². The van der Waals surface area contributed by atoms with Gasteiger partial charge in [0.15, 0.2) is 0 Å². The molecular weight excluding hydrogens is 264 g/mol. The van der Waals surface area contributed by atoms with Crippen LogP contribution in [0.5, 0.6) is 0 Å². The van der Waals surface area contributed by atoms with E-state index in [2.05, 4.69) is 0 Å². The Morgan fingerprint density at radius 2 is 2.26 bits per heavy atom. The fourth-order valence-corrected chi connectivity index (χ4v) is 3.16. The number of primary amides is 1. The van der Waals surface area contributed by atoms with Gasteiger partial charge in [-0.1, -0.05) is 11.6 Å². The third kappa shape index (κ3) is 1.87. The molecule has 0 spiro atoms. The highest BCUT2D eigenvalue weighted by molar-refractivity contribution is 6.32. The number of nitrogens with two attached hydrogens (primary N) is 1. The zero-order chi connectivity index (χ0) is 13.6. The highest BCUT2D eigenvalue weighted by atomic mass is 35.5. The van der Waals surface area contributed by atoms with Crippen LogP contribution in [0.2, 0.25) is 5.02 Å². The molecule has 5 heteroatoms. The van der Waals surface area contributed by atoms with Crippen LogP contribution in [0.15, 0.2) is 18.2 Å². The highest BCUT2D eigenvalue weighted by Crippen LogP contribution is 2.42. The maximum atomic E-state index is 11.6. The minimum Gasteiger partial charge on any atom is -0.508 e. The largest absolute Gasteiger partial charge is 0.508 e. The molecule has 0 bridgehead atoms. The summed E-state index contributed by atoms with van der Waals surface area (Å²) < 4.78 is 0. The molecule has 1 atom stereocenters. The molecule has 1 amide bonds. The first-order valence-corrected chi connectivity index (χ1v) is 6.74. The molecule has 0 radical (unpaired) electrons. The van der Waals surface area contributed by atoms with Gasteiger partial charge in [-0.15, -0.1) is 0 Å². The Balaban J connectivity index is 2.21. The van der Waals surface area contributed by atoms with Gasteiger partial charge in [-0.25, -0.2) is 0 Å². The third-order valence-corrected chi connectivity index (χ3v) is 4.19. The second-order valence-electron chi connectivity index (χ2n) is 4.97. The second-order valence-corrected chi connectivity index (χ2v) is 5.38. The summed E-state index contributed by atoms with van der Waals surface area (Å²) in [6.45, 7) is 0.748. The molecule has 0 fully saturated rings. The van der Waals surface area contributed by atoms with E-state index in [1.165, 1.54) is 0 Å². The fourth-order valence-electron chi connectivity index (χ4n) is 2.93. The summed E-state index contributed by atoms with van der Waals surface area (Å²) in [5.41, 5.74) is 8.00. The van der Waals surface area contributed by atoms with Crippen LogP contribution in [0.1, 0.15) is 24.0 Å². The van der Waals surface area contributed by atoms with E-state index < -0.39 is 0 Å². The lowest BCUT2D eigenvalue weighted by molar-refractivity contribution is -0.119. The number of aliphatic hydroxyl groups is 1. The number of nitrogens with zero attached hydrogens (tertiary/aromatic N) is 1. The van der Waals surface area contributed by atoms with Gasteiger partial charge in [-0.2, -0.15) is 0 Å². The van der Waals surface area contributed by atoms with E-state index in [0.29, 0.717) is 11.4 Å². The normalized spacial score (nSPS) is 24.2. The zero-order valence-electron chi connectivity index (χ0n) is 10.4. The summed E-state index contributed by atoms with van der Waals surface area (Å²) in [6.07, 6.45) is 3.99. The van der Waals surface area contributed by atoms with E-state index in [1.54, 1.807) is 12.1 Å². The van der Waals surface area contributed by atoms with Gasteiger partial charge in [0.05, 0.1) is 5.69 Å². The number of halogens is 1. The highest BCUT2D eigenvalue weighted by Gasteiger charge is 2.36. The molecule has 1 unspecified atom stereocenters. The molecule has 3 N–H and O–H groups in total. The summed E-state index contributed by atoms with van der Waals surface area (Å²) >= 11 is 6.22. The molecule has 3 rings (SSSR count). The molecule has 0 saturated heterocycles. The topological polar surface area (TPSA) is 66.6 Å². The predicted molar refractivity (Wildman–Crippen MR) is 75.3 cm³/mol. The molecule has 0 saturated carbocycles. The van der Waals surface area contributed by atoms with Crippen LogP contribution in [0.4, 0.5) is 5.69 Å². The van der Waals surface area contributed by atoms with Crippen LogP contribution in [-0.2, 0) is 11.2 Å². The minimum atomic E-state index is -0.362. The summed E-state index contributed by atoms with van der Waals surface area (Å²) in [6, 6.07) is 3.21. The van der Waals surface area contributed by atoms with Crippen molar-refractivity contribution in [1.29, 1.82) is 0 Å². The number of anilines is 1.